The number of fused-ring (bicyclic) bond motifs is 1. The molecule has 1 saturated heterocycles. The van der Waals surface area contributed by atoms with Crippen LogP contribution in [0.5, 0.6) is 5.75 Å². The summed E-state index contributed by atoms with van der Waals surface area (Å²) in [6, 6.07) is 17.7. The van der Waals surface area contributed by atoms with Crippen molar-refractivity contribution in [2.45, 2.75) is 26.3 Å². The van der Waals surface area contributed by atoms with Crippen LogP contribution in [0.3, 0.4) is 0 Å². The molecular formula is C27H28N4O3S. The maximum atomic E-state index is 13.0. The van der Waals surface area contributed by atoms with E-state index in [1.165, 1.54) is 11.3 Å². The van der Waals surface area contributed by atoms with Crippen LogP contribution in [0.25, 0.3) is 21.3 Å². The molecule has 7 nitrogen and oxygen atoms in total. The summed E-state index contributed by atoms with van der Waals surface area (Å²) >= 11 is 1.41. The third-order valence-corrected chi connectivity index (χ3v) is 7.28. The SMILES string of the molecule is CCOc1ccccc1CNC(=O)[C@H]1CCCN(c2nc3c(-c4ccccc4)csc3c(=O)[nH]2)C1. The predicted molar refractivity (Wildman–Crippen MR) is 140 cm³/mol. The van der Waals surface area contributed by atoms with E-state index in [4.69, 9.17) is 9.72 Å². The average Bonchev–Trinajstić information content (AvgIpc) is 3.33. The number of carbonyl (C=O) groups is 1. The van der Waals surface area contributed by atoms with Crippen LogP contribution in [-0.2, 0) is 11.3 Å². The lowest BCUT2D eigenvalue weighted by atomic mass is 9.97. The molecule has 2 aromatic carbocycles. The molecule has 5 rings (SSSR count). The summed E-state index contributed by atoms with van der Waals surface area (Å²) in [5, 5.41) is 5.06. The summed E-state index contributed by atoms with van der Waals surface area (Å²) in [6.07, 6.45) is 1.65. The Morgan fingerprint density at radius 3 is 2.83 bits per heavy atom. The lowest BCUT2D eigenvalue weighted by molar-refractivity contribution is -0.125. The van der Waals surface area contributed by atoms with E-state index in [1.807, 2.05) is 71.8 Å². The third-order valence-electron chi connectivity index (χ3n) is 6.32. The number of benzene rings is 2. The van der Waals surface area contributed by atoms with Crippen molar-refractivity contribution in [2.75, 3.05) is 24.6 Å². The van der Waals surface area contributed by atoms with Crippen molar-refractivity contribution >= 4 is 33.4 Å². The molecule has 2 aromatic heterocycles. The Kier molecular flexibility index (Phi) is 6.81. The van der Waals surface area contributed by atoms with Crippen molar-refractivity contribution < 1.29 is 9.53 Å². The second-order valence-corrected chi connectivity index (χ2v) is 9.51. The van der Waals surface area contributed by atoms with Crippen molar-refractivity contribution in [3.05, 3.63) is 75.9 Å². The number of para-hydroxylation sites is 1. The number of nitrogens with zero attached hydrogens (tertiary/aromatic N) is 2. The lowest BCUT2D eigenvalue weighted by Gasteiger charge is -2.32. The van der Waals surface area contributed by atoms with Gasteiger partial charge in [0.2, 0.25) is 11.9 Å². The van der Waals surface area contributed by atoms with Gasteiger partial charge in [0.25, 0.3) is 5.56 Å². The van der Waals surface area contributed by atoms with Crippen molar-refractivity contribution in [3.8, 4) is 16.9 Å². The fourth-order valence-electron chi connectivity index (χ4n) is 4.54. The highest BCUT2D eigenvalue weighted by Crippen LogP contribution is 2.32. The Hall–Kier alpha value is -3.65. The van der Waals surface area contributed by atoms with E-state index in [1.54, 1.807) is 0 Å². The molecule has 0 aliphatic carbocycles. The Balaban J connectivity index is 1.33. The quantitative estimate of drug-likeness (QED) is 0.398. The Labute approximate surface area is 207 Å². The highest BCUT2D eigenvalue weighted by atomic mass is 32.1. The molecule has 1 aliphatic heterocycles. The molecule has 2 N–H and O–H groups in total. The second kappa shape index (κ2) is 10.3. The van der Waals surface area contributed by atoms with Gasteiger partial charge in [-0.3, -0.25) is 14.6 Å². The minimum Gasteiger partial charge on any atom is -0.494 e. The van der Waals surface area contributed by atoms with Crippen LogP contribution >= 0.6 is 11.3 Å². The van der Waals surface area contributed by atoms with E-state index in [0.717, 1.165) is 41.8 Å². The van der Waals surface area contributed by atoms with Crippen LogP contribution < -0.4 is 20.5 Å². The Morgan fingerprint density at radius 1 is 1.20 bits per heavy atom. The molecule has 4 aromatic rings. The maximum absolute atomic E-state index is 13.0. The number of aromatic amines is 1. The van der Waals surface area contributed by atoms with Gasteiger partial charge in [-0.1, -0.05) is 48.5 Å². The first-order valence-electron chi connectivity index (χ1n) is 11.9. The highest BCUT2D eigenvalue weighted by Gasteiger charge is 2.27. The minimum atomic E-state index is -0.180. The topological polar surface area (TPSA) is 87.3 Å². The molecule has 0 radical (unpaired) electrons. The largest absolute Gasteiger partial charge is 0.494 e. The standard InChI is InChI=1S/C27H28N4O3S/c1-2-34-22-13-7-6-11-19(22)15-28-25(32)20-12-8-14-31(16-20)27-29-23-21(18-9-4-3-5-10-18)17-35-24(23)26(33)30-27/h3-7,9-11,13,17,20H,2,8,12,14-16H2,1H3,(H,28,32)(H,29,30,33)/t20-/m0/s1. The van der Waals surface area contributed by atoms with Gasteiger partial charge in [-0.15, -0.1) is 11.3 Å². The van der Waals surface area contributed by atoms with Crippen LogP contribution in [0, 0.1) is 5.92 Å². The molecule has 180 valence electrons. The first-order chi connectivity index (χ1) is 17.1. The smallest absolute Gasteiger partial charge is 0.270 e. The molecule has 0 unspecified atom stereocenters. The van der Waals surface area contributed by atoms with E-state index in [0.29, 0.717) is 35.9 Å². The molecule has 1 aliphatic rings. The molecule has 1 amide bonds. The normalized spacial score (nSPS) is 15.8. The zero-order chi connectivity index (χ0) is 24.2. The molecule has 1 atom stereocenters. The van der Waals surface area contributed by atoms with Gasteiger partial charge in [0.05, 0.1) is 18.0 Å². The van der Waals surface area contributed by atoms with Gasteiger partial charge in [-0.2, -0.15) is 0 Å². The number of anilines is 1. The van der Waals surface area contributed by atoms with Gasteiger partial charge in [0.1, 0.15) is 10.4 Å². The monoisotopic (exact) mass is 488 g/mol. The summed E-state index contributed by atoms with van der Waals surface area (Å²) < 4.78 is 6.29. The van der Waals surface area contributed by atoms with Crippen LogP contribution in [-0.4, -0.2) is 35.6 Å². The van der Waals surface area contributed by atoms with Gasteiger partial charge in [-0.05, 0) is 31.4 Å². The van der Waals surface area contributed by atoms with E-state index in [2.05, 4.69) is 10.3 Å². The Bertz CT molecular complexity index is 1380. The number of thiophene rings is 1. The maximum Gasteiger partial charge on any atom is 0.270 e. The zero-order valence-corrected chi connectivity index (χ0v) is 20.4. The van der Waals surface area contributed by atoms with Crippen LogP contribution in [0.2, 0.25) is 0 Å². The van der Waals surface area contributed by atoms with Crippen molar-refractivity contribution in [2.24, 2.45) is 5.92 Å². The molecule has 3 heterocycles. The zero-order valence-electron chi connectivity index (χ0n) is 19.6. The van der Waals surface area contributed by atoms with Gasteiger partial charge < -0.3 is 15.0 Å². The number of H-pyrrole nitrogens is 1. The molecule has 0 saturated carbocycles. The van der Waals surface area contributed by atoms with Crippen molar-refractivity contribution in [3.63, 3.8) is 0 Å². The first-order valence-corrected chi connectivity index (χ1v) is 12.8. The number of amides is 1. The van der Waals surface area contributed by atoms with E-state index in [-0.39, 0.29) is 17.4 Å². The van der Waals surface area contributed by atoms with Gasteiger partial charge >= 0.3 is 0 Å². The molecule has 8 heteroatoms. The predicted octanol–water partition coefficient (Wildman–Crippen LogP) is 4.58. The number of rotatable bonds is 7. The minimum absolute atomic E-state index is 0.00457. The third kappa shape index (κ3) is 4.93. The van der Waals surface area contributed by atoms with Gasteiger partial charge in [-0.25, -0.2) is 4.98 Å². The number of piperidine rings is 1. The molecule has 0 spiro atoms. The fraction of sp³-hybridized carbons (Fsp3) is 0.296. The number of carbonyl (C=O) groups excluding carboxylic acids is 1. The number of ether oxygens (including phenoxy) is 1. The average molecular weight is 489 g/mol. The second-order valence-electron chi connectivity index (χ2n) is 8.63. The molecule has 0 bridgehead atoms. The fourth-order valence-corrected chi connectivity index (χ4v) is 5.45. The molecular weight excluding hydrogens is 460 g/mol. The number of nitrogens with one attached hydrogen (secondary N) is 2. The summed E-state index contributed by atoms with van der Waals surface area (Å²) in [5.74, 6) is 1.14. The van der Waals surface area contributed by atoms with Crippen molar-refractivity contribution in [1.29, 1.82) is 0 Å². The van der Waals surface area contributed by atoms with Gasteiger partial charge in [0, 0.05) is 36.1 Å². The van der Waals surface area contributed by atoms with Crippen LogP contribution in [0.15, 0.2) is 64.8 Å². The summed E-state index contributed by atoms with van der Waals surface area (Å²) in [4.78, 5) is 35.7. The number of hydrogen-bond acceptors (Lipinski definition) is 6. The first kappa shape index (κ1) is 23.1. The molecule has 35 heavy (non-hydrogen) atoms. The van der Waals surface area contributed by atoms with Crippen molar-refractivity contribution in [1.82, 2.24) is 15.3 Å². The highest BCUT2D eigenvalue weighted by molar-refractivity contribution is 7.17. The molecule has 1 fully saturated rings. The summed E-state index contributed by atoms with van der Waals surface area (Å²) in [6.45, 7) is 4.20. The van der Waals surface area contributed by atoms with E-state index < -0.39 is 0 Å². The van der Waals surface area contributed by atoms with Crippen LogP contribution in [0.1, 0.15) is 25.3 Å². The number of aromatic nitrogens is 2. The Morgan fingerprint density at radius 2 is 2.00 bits per heavy atom. The lowest BCUT2D eigenvalue weighted by Crippen LogP contribution is -2.44. The van der Waals surface area contributed by atoms with E-state index >= 15 is 0 Å². The summed E-state index contributed by atoms with van der Waals surface area (Å²) in [5.41, 5.74) is 3.51. The van der Waals surface area contributed by atoms with Crippen LogP contribution in [0.4, 0.5) is 5.95 Å². The number of hydrogen-bond donors (Lipinski definition) is 2. The van der Waals surface area contributed by atoms with E-state index in [9.17, 15) is 9.59 Å². The van der Waals surface area contributed by atoms with Gasteiger partial charge in [0.15, 0.2) is 0 Å². The summed E-state index contributed by atoms with van der Waals surface area (Å²) in [7, 11) is 0.